The summed E-state index contributed by atoms with van der Waals surface area (Å²) in [5, 5.41) is 0.735. The lowest BCUT2D eigenvalue weighted by atomic mass is 9.85. The van der Waals surface area contributed by atoms with Crippen LogP contribution in [0.15, 0.2) is 24.3 Å². The van der Waals surface area contributed by atoms with Gasteiger partial charge in [0.2, 0.25) is 5.91 Å². The van der Waals surface area contributed by atoms with E-state index < -0.39 is 0 Å². The molecule has 0 aliphatic heterocycles. The fourth-order valence-corrected chi connectivity index (χ4v) is 3.73. The molecule has 1 aromatic rings. The molecule has 23 heavy (non-hydrogen) atoms. The van der Waals surface area contributed by atoms with Gasteiger partial charge in [-0.3, -0.25) is 4.79 Å². The van der Waals surface area contributed by atoms with Crippen LogP contribution in [0.1, 0.15) is 57.1 Å². The molecule has 0 radical (unpaired) electrons. The van der Waals surface area contributed by atoms with Crippen molar-refractivity contribution in [3.8, 4) is 0 Å². The number of carbonyl (C=O) groups is 1. The smallest absolute Gasteiger partial charge is 0.226 e. The summed E-state index contributed by atoms with van der Waals surface area (Å²) in [4.78, 5) is 15.2. The summed E-state index contributed by atoms with van der Waals surface area (Å²) in [6.07, 6.45) is 6.22. The Morgan fingerprint density at radius 1 is 1.22 bits per heavy atom. The van der Waals surface area contributed by atoms with E-state index in [0.717, 1.165) is 49.1 Å². The highest BCUT2D eigenvalue weighted by atomic mass is 35.5. The third-order valence-corrected chi connectivity index (χ3v) is 5.28. The molecule has 2 fully saturated rings. The summed E-state index contributed by atoms with van der Waals surface area (Å²) >= 11 is 5.98. The molecule has 3 atom stereocenters. The normalized spacial score (nSPS) is 25.3. The molecule has 128 valence electrons. The summed E-state index contributed by atoms with van der Waals surface area (Å²) < 4.78 is 0. The van der Waals surface area contributed by atoms with E-state index in [4.69, 9.17) is 17.3 Å². The molecular weight excluding hydrogens is 331 g/mol. The van der Waals surface area contributed by atoms with E-state index in [1.807, 2.05) is 24.3 Å². The van der Waals surface area contributed by atoms with Crippen LogP contribution in [0.2, 0.25) is 5.02 Å². The second-order valence-corrected chi connectivity index (χ2v) is 7.26. The Morgan fingerprint density at radius 3 is 2.43 bits per heavy atom. The Kier molecular flexibility index (Phi) is 6.35. The molecule has 0 aromatic heterocycles. The van der Waals surface area contributed by atoms with Crippen molar-refractivity contribution in [3.63, 3.8) is 0 Å². The first-order valence-corrected chi connectivity index (χ1v) is 8.77. The highest BCUT2D eigenvalue weighted by Crippen LogP contribution is 2.38. The zero-order valence-corrected chi connectivity index (χ0v) is 15.2. The molecule has 0 bridgehead atoms. The highest BCUT2D eigenvalue weighted by molar-refractivity contribution is 6.30. The van der Waals surface area contributed by atoms with Crippen molar-refractivity contribution in [2.45, 2.75) is 63.6 Å². The van der Waals surface area contributed by atoms with Gasteiger partial charge in [0.1, 0.15) is 0 Å². The lowest BCUT2D eigenvalue weighted by Gasteiger charge is -2.35. The van der Waals surface area contributed by atoms with Crippen LogP contribution in [0, 0.1) is 5.92 Å². The van der Waals surface area contributed by atoms with E-state index in [1.165, 1.54) is 0 Å². The third kappa shape index (κ3) is 4.40. The van der Waals surface area contributed by atoms with E-state index in [9.17, 15) is 4.79 Å². The number of nitrogens with two attached hydrogens (primary N) is 1. The van der Waals surface area contributed by atoms with E-state index in [0.29, 0.717) is 11.9 Å². The van der Waals surface area contributed by atoms with Crippen LogP contribution in [0.25, 0.3) is 0 Å². The van der Waals surface area contributed by atoms with Gasteiger partial charge in [-0.05, 0) is 56.7 Å². The van der Waals surface area contributed by atoms with Gasteiger partial charge in [-0.15, -0.1) is 12.4 Å². The van der Waals surface area contributed by atoms with E-state index in [2.05, 4.69) is 11.8 Å². The van der Waals surface area contributed by atoms with E-state index in [1.54, 1.807) is 0 Å². The van der Waals surface area contributed by atoms with E-state index in [-0.39, 0.29) is 30.4 Å². The van der Waals surface area contributed by atoms with Gasteiger partial charge in [0.15, 0.2) is 0 Å². The van der Waals surface area contributed by atoms with Crippen LogP contribution >= 0.6 is 24.0 Å². The fourth-order valence-electron chi connectivity index (χ4n) is 3.60. The number of halogens is 2. The Hall–Kier alpha value is -0.770. The topological polar surface area (TPSA) is 46.3 Å². The average Bonchev–Trinajstić information content (AvgIpc) is 3.32. The van der Waals surface area contributed by atoms with Gasteiger partial charge in [0, 0.05) is 23.0 Å². The lowest BCUT2D eigenvalue weighted by Crippen LogP contribution is -2.43. The van der Waals surface area contributed by atoms with Crippen molar-refractivity contribution in [3.05, 3.63) is 34.9 Å². The zero-order chi connectivity index (χ0) is 15.7. The van der Waals surface area contributed by atoms with Crippen molar-refractivity contribution >= 4 is 29.9 Å². The monoisotopic (exact) mass is 356 g/mol. The van der Waals surface area contributed by atoms with Crippen molar-refractivity contribution in [1.29, 1.82) is 0 Å². The minimum atomic E-state index is 0. The molecule has 2 N–H and O–H groups in total. The van der Waals surface area contributed by atoms with Crippen LogP contribution in [0.3, 0.4) is 0 Å². The maximum atomic E-state index is 13.1. The number of benzene rings is 1. The SMILES string of the molecule is CC(c1ccc(Cl)cc1)N(C(=O)C1CCCC(N)C1)C1CC1.Cl. The summed E-state index contributed by atoms with van der Waals surface area (Å²) in [5.41, 5.74) is 7.23. The minimum absolute atomic E-state index is 0. The number of rotatable bonds is 4. The van der Waals surface area contributed by atoms with Gasteiger partial charge < -0.3 is 10.6 Å². The first-order valence-electron chi connectivity index (χ1n) is 8.39. The zero-order valence-electron chi connectivity index (χ0n) is 13.6. The molecular formula is C18H26Cl2N2O. The molecule has 0 saturated heterocycles. The molecule has 2 aliphatic rings. The molecule has 2 aliphatic carbocycles. The Bertz CT molecular complexity index is 530. The second kappa shape index (κ2) is 7.87. The van der Waals surface area contributed by atoms with Crippen molar-refractivity contribution in [2.24, 2.45) is 11.7 Å². The van der Waals surface area contributed by atoms with Gasteiger partial charge in [0.25, 0.3) is 0 Å². The fraction of sp³-hybridized carbons (Fsp3) is 0.611. The number of hydrogen-bond acceptors (Lipinski definition) is 2. The Morgan fingerprint density at radius 2 is 1.87 bits per heavy atom. The van der Waals surface area contributed by atoms with Gasteiger partial charge in [0.05, 0.1) is 6.04 Å². The molecule has 3 unspecified atom stereocenters. The Balaban J connectivity index is 0.00000192. The summed E-state index contributed by atoms with van der Waals surface area (Å²) in [6.45, 7) is 2.13. The first-order chi connectivity index (χ1) is 10.6. The number of amides is 1. The lowest BCUT2D eigenvalue weighted by molar-refractivity contribution is -0.139. The molecule has 0 heterocycles. The Labute approximate surface area is 150 Å². The van der Waals surface area contributed by atoms with Gasteiger partial charge in [-0.1, -0.05) is 30.2 Å². The van der Waals surface area contributed by atoms with Crippen LogP contribution < -0.4 is 5.73 Å². The predicted octanol–water partition coefficient (Wildman–Crippen LogP) is 4.33. The van der Waals surface area contributed by atoms with E-state index >= 15 is 0 Å². The van der Waals surface area contributed by atoms with Crippen molar-refractivity contribution < 1.29 is 4.79 Å². The standard InChI is InChI=1S/C18H25ClN2O.ClH/c1-12(13-5-7-15(19)8-6-13)21(17-9-10-17)18(22)14-3-2-4-16(20)11-14;/h5-8,12,14,16-17H,2-4,9-11,20H2,1H3;1H. The quantitative estimate of drug-likeness (QED) is 0.872. The van der Waals surface area contributed by atoms with Crippen LogP contribution in [0.4, 0.5) is 0 Å². The molecule has 3 rings (SSSR count). The molecule has 1 amide bonds. The van der Waals surface area contributed by atoms with Gasteiger partial charge in [-0.25, -0.2) is 0 Å². The number of hydrogen-bond donors (Lipinski definition) is 1. The largest absolute Gasteiger partial charge is 0.333 e. The van der Waals surface area contributed by atoms with Crippen LogP contribution in [0.5, 0.6) is 0 Å². The maximum Gasteiger partial charge on any atom is 0.226 e. The molecule has 3 nitrogen and oxygen atoms in total. The third-order valence-electron chi connectivity index (χ3n) is 5.03. The molecule has 5 heteroatoms. The first kappa shape index (κ1) is 18.6. The van der Waals surface area contributed by atoms with Crippen LogP contribution in [-0.4, -0.2) is 22.9 Å². The predicted molar refractivity (Wildman–Crippen MR) is 96.9 cm³/mol. The second-order valence-electron chi connectivity index (χ2n) is 6.83. The van der Waals surface area contributed by atoms with Gasteiger partial charge >= 0.3 is 0 Å². The van der Waals surface area contributed by atoms with Crippen LogP contribution in [-0.2, 0) is 4.79 Å². The summed E-state index contributed by atoms with van der Waals surface area (Å²) in [7, 11) is 0. The highest BCUT2D eigenvalue weighted by Gasteiger charge is 2.39. The summed E-state index contributed by atoms with van der Waals surface area (Å²) in [6, 6.07) is 8.57. The minimum Gasteiger partial charge on any atom is -0.333 e. The maximum absolute atomic E-state index is 13.1. The summed E-state index contributed by atoms with van der Waals surface area (Å²) in [5.74, 6) is 0.416. The number of nitrogens with zero attached hydrogens (tertiary/aromatic N) is 1. The average molecular weight is 357 g/mol. The molecule has 2 saturated carbocycles. The van der Waals surface area contributed by atoms with Crippen molar-refractivity contribution in [1.82, 2.24) is 4.90 Å². The van der Waals surface area contributed by atoms with Crippen molar-refractivity contribution in [2.75, 3.05) is 0 Å². The molecule has 0 spiro atoms. The van der Waals surface area contributed by atoms with Gasteiger partial charge in [-0.2, -0.15) is 0 Å². The molecule has 1 aromatic carbocycles. The number of carbonyl (C=O) groups excluding carboxylic acids is 1.